The maximum absolute atomic E-state index is 12.0. The molecule has 0 aliphatic carbocycles. The molecule has 122 valence electrons. The first kappa shape index (κ1) is 15.8. The van der Waals surface area contributed by atoms with Crippen molar-refractivity contribution in [1.82, 2.24) is 5.32 Å². The van der Waals surface area contributed by atoms with Gasteiger partial charge in [0.2, 0.25) is 0 Å². The molecule has 6 heteroatoms. The van der Waals surface area contributed by atoms with Gasteiger partial charge in [0, 0.05) is 29.3 Å². The molecule has 5 nitrogen and oxygen atoms in total. The fourth-order valence-corrected chi connectivity index (χ4v) is 3.51. The van der Waals surface area contributed by atoms with E-state index in [1.165, 1.54) is 22.6 Å². The van der Waals surface area contributed by atoms with Gasteiger partial charge in [-0.2, -0.15) is 0 Å². The van der Waals surface area contributed by atoms with E-state index in [9.17, 15) is 9.90 Å². The van der Waals surface area contributed by atoms with Crippen LogP contribution in [-0.2, 0) is 6.42 Å². The first-order valence-corrected chi connectivity index (χ1v) is 8.69. The average Bonchev–Trinajstić information content (AvgIpc) is 3.21. The highest BCUT2D eigenvalue weighted by Crippen LogP contribution is 2.30. The lowest BCUT2D eigenvalue weighted by molar-refractivity contribution is 0.178. The minimum absolute atomic E-state index is 0.193. The average molecular weight is 331 g/mol. The molecule has 0 saturated heterocycles. The predicted octanol–water partition coefficient (Wildman–Crippen LogP) is 2.99. The number of carbonyl (C=O) groups excluding carboxylic acids is 1. The van der Waals surface area contributed by atoms with Gasteiger partial charge in [-0.3, -0.25) is 0 Å². The number of nitrogens with zero attached hydrogens (tertiary/aromatic N) is 1. The number of anilines is 2. The predicted molar refractivity (Wildman–Crippen MR) is 94.3 cm³/mol. The topological polar surface area (TPSA) is 64.6 Å². The Morgan fingerprint density at radius 3 is 3.04 bits per heavy atom. The van der Waals surface area contributed by atoms with Crippen molar-refractivity contribution >= 4 is 28.7 Å². The summed E-state index contributed by atoms with van der Waals surface area (Å²) in [6.07, 6.45) is 0.388. The monoisotopic (exact) mass is 331 g/mol. The number of fused-ring (bicyclic) bond motifs is 1. The molecule has 2 aromatic rings. The second-order valence-electron chi connectivity index (χ2n) is 5.54. The molecule has 0 fully saturated rings. The van der Waals surface area contributed by atoms with Crippen LogP contribution < -0.4 is 15.5 Å². The Bertz CT molecular complexity index is 672. The van der Waals surface area contributed by atoms with Gasteiger partial charge in [-0.15, -0.1) is 11.3 Å². The van der Waals surface area contributed by atoms with Crippen molar-refractivity contribution in [3.8, 4) is 0 Å². The second kappa shape index (κ2) is 7.02. The van der Waals surface area contributed by atoms with Crippen molar-refractivity contribution in [1.29, 1.82) is 0 Å². The molecule has 23 heavy (non-hydrogen) atoms. The molecule has 0 spiro atoms. The number of aliphatic hydroxyl groups is 1. The minimum atomic E-state index is -0.670. The Morgan fingerprint density at radius 1 is 1.43 bits per heavy atom. The van der Waals surface area contributed by atoms with Crippen LogP contribution in [0, 0.1) is 0 Å². The lowest BCUT2D eigenvalue weighted by Gasteiger charge is -2.17. The summed E-state index contributed by atoms with van der Waals surface area (Å²) in [6, 6.07) is 9.44. The summed E-state index contributed by atoms with van der Waals surface area (Å²) in [5, 5.41) is 17.4. The summed E-state index contributed by atoms with van der Waals surface area (Å²) in [7, 11) is 0. The molecule has 2 heterocycles. The maximum Gasteiger partial charge on any atom is 0.319 e. The van der Waals surface area contributed by atoms with Crippen molar-refractivity contribution < 1.29 is 9.90 Å². The SMILES string of the molecule is CCN1CCc2ccc(NC(=O)NC[C@@H](O)c3cccs3)cc21. The van der Waals surface area contributed by atoms with Gasteiger partial charge in [0.25, 0.3) is 0 Å². The quantitative estimate of drug-likeness (QED) is 0.789. The third-order valence-electron chi connectivity index (χ3n) is 4.04. The molecule has 0 radical (unpaired) electrons. The van der Waals surface area contributed by atoms with Gasteiger partial charge in [0.15, 0.2) is 0 Å². The molecule has 0 unspecified atom stereocenters. The van der Waals surface area contributed by atoms with E-state index >= 15 is 0 Å². The second-order valence-corrected chi connectivity index (χ2v) is 6.52. The largest absolute Gasteiger partial charge is 0.386 e. The van der Waals surface area contributed by atoms with E-state index < -0.39 is 6.10 Å². The van der Waals surface area contributed by atoms with Crippen molar-refractivity contribution in [3.05, 3.63) is 46.2 Å². The fraction of sp³-hybridized carbons (Fsp3) is 0.353. The number of likely N-dealkylation sites (N-methyl/N-ethyl adjacent to an activating group) is 1. The van der Waals surface area contributed by atoms with Crippen molar-refractivity contribution in [3.63, 3.8) is 0 Å². The number of amides is 2. The highest BCUT2D eigenvalue weighted by atomic mass is 32.1. The standard InChI is InChI=1S/C17H21N3O2S/c1-2-20-8-7-12-5-6-13(10-14(12)20)19-17(22)18-11-15(21)16-4-3-9-23-16/h3-6,9-10,15,21H,2,7-8,11H2,1H3,(H2,18,19,22)/t15-/m1/s1. The summed E-state index contributed by atoms with van der Waals surface area (Å²) in [6.45, 7) is 4.33. The van der Waals surface area contributed by atoms with Crippen LogP contribution in [0.15, 0.2) is 35.7 Å². The number of benzene rings is 1. The number of nitrogens with one attached hydrogen (secondary N) is 2. The molecule has 1 aliphatic rings. The number of urea groups is 1. The molecule has 3 N–H and O–H groups in total. The summed E-state index contributed by atoms with van der Waals surface area (Å²) < 4.78 is 0. The third-order valence-corrected chi connectivity index (χ3v) is 5.02. The van der Waals surface area contributed by atoms with E-state index in [1.54, 1.807) is 0 Å². The third kappa shape index (κ3) is 3.65. The van der Waals surface area contributed by atoms with Gasteiger partial charge in [-0.05, 0) is 42.5 Å². The normalized spacial score (nSPS) is 14.4. The van der Waals surface area contributed by atoms with Crippen LogP contribution >= 0.6 is 11.3 Å². The van der Waals surface area contributed by atoms with Crippen molar-refractivity contribution in [2.24, 2.45) is 0 Å². The van der Waals surface area contributed by atoms with Crippen LogP contribution in [0.4, 0.5) is 16.2 Å². The molecule has 0 saturated carbocycles. The Hall–Kier alpha value is -2.05. The first-order valence-electron chi connectivity index (χ1n) is 7.81. The molecule has 3 rings (SSSR count). The Labute approximate surface area is 139 Å². The Kier molecular flexibility index (Phi) is 4.83. The Morgan fingerprint density at radius 2 is 2.30 bits per heavy atom. The molecule has 1 aromatic heterocycles. The lowest BCUT2D eigenvalue weighted by Crippen LogP contribution is -2.32. The molecule has 0 bridgehead atoms. The van der Waals surface area contributed by atoms with Gasteiger partial charge in [-0.25, -0.2) is 4.79 Å². The van der Waals surface area contributed by atoms with E-state index in [4.69, 9.17) is 0 Å². The van der Waals surface area contributed by atoms with Crippen LogP contribution in [0.1, 0.15) is 23.5 Å². The zero-order valence-electron chi connectivity index (χ0n) is 13.1. The summed E-state index contributed by atoms with van der Waals surface area (Å²) in [5.74, 6) is 0. The van der Waals surface area contributed by atoms with Gasteiger partial charge in [0.05, 0.1) is 6.54 Å². The summed E-state index contributed by atoms with van der Waals surface area (Å²) in [4.78, 5) is 15.1. The van der Waals surface area contributed by atoms with Crippen LogP contribution in [0.3, 0.4) is 0 Å². The minimum Gasteiger partial charge on any atom is -0.386 e. The maximum atomic E-state index is 12.0. The van der Waals surface area contributed by atoms with Gasteiger partial charge in [0.1, 0.15) is 6.10 Å². The van der Waals surface area contributed by atoms with Gasteiger partial charge >= 0.3 is 6.03 Å². The number of rotatable bonds is 5. The molecule has 1 aliphatic heterocycles. The van der Waals surface area contributed by atoms with Crippen LogP contribution in [0.2, 0.25) is 0 Å². The van der Waals surface area contributed by atoms with E-state index in [0.29, 0.717) is 0 Å². The number of aliphatic hydroxyl groups excluding tert-OH is 1. The number of hydrogen-bond acceptors (Lipinski definition) is 4. The number of carbonyl (C=O) groups is 1. The summed E-state index contributed by atoms with van der Waals surface area (Å²) in [5.41, 5.74) is 3.29. The fourth-order valence-electron chi connectivity index (χ4n) is 2.80. The highest BCUT2D eigenvalue weighted by Gasteiger charge is 2.18. The van der Waals surface area contributed by atoms with E-state index in [0.717, 1.165) is 30.1 Å². The summed E-state index contributed by atoms with van der Waals surface area (Å²) >= 11 is 1.48. The zero-order valence-corrected chi connectivity index (χ0v) is 13.9. The first-order chi connectivity index (χ1) is 11.2. The van der Waals surface area contributed by atoms with Crippen LogP contribution in [0.25, 0.3) is 0 Å². The van der Waals surface area contributed by atoms with Gasteiger partial charge < -0.3 is 20.6 Å². The highest BCUT2D eigenvalue weighted by molar-refractivity contribution is 7.10. The molecular formula is C17H21N3O2S. The number of hydrogen-bond donors (Lipinski definition) is 3. The smallest absolute Gasteiger partial charge is 0.319 e. The van der Waals surface area contributed by atoms with E-state index in [2.05, 4.69) is 28.5 Å². The number of thiophene rings is 1. The van der Waals surface area contributed by atoms with Crippen LogP contribution in [-0.4, -0.2) is 30.8 Å². The lowest BCUT2D eigenvalue weighted by atomic mass is 10.1. The van der Waals surface area contributed by atoms with Crippen molar-refractivity contribution in [2.45, 2.75) is 19.4 Å². The van der Waals surface area contributed by atoms with Crippen LogP contribution in [0.5, 0.6) is 0 Å². The van der Waals surface area contributed by atoms with Gasteiger partial charge in [-0.1, -0.05) is 12.1 Å². The van der Waals surface area contributed by atoms with Crippen molar-refractivity contribution in [2.75, 3.05) is 29.9 Å². The Balaban J connectivity index is 1.56. The zero-order chi connectivity index (χ0) is 16.2. The van der Waals surface area contributed by atoms with E-state index in [1.807, 2.05) is 29.6 Å². The molecule has 1 atom stereocenters. The molecule has 1 aromatic carbocycles. The molecular weight excluding hydrogens is 310 g/mol. The molecule has 2 amide bonds. The van der Waals surface area contributed by atoms with E-state index in [-0.39, 0.29) is 12.6 Å².